The SMILES string of the molecule is NC(N)=NCCC[C@H](NC(=O)[C@H](CO)NC(=O)CCCc1c[nH]c2ccccc12)C(=O)NCC(=O)N[C@@H](CC(=O)O)C(=O)N[C@@H](Cc1c[nH]c2ccccc12)C(=O)O. The summed E-state index contributed by atoms with van der Waals surface area (Å²) < 4.78 is 0. The first-order valence-corrected chi connectivity index (χ1v) is 18.4. The fourth-order valence-electron chi connectivity index (χ4n) is 6.20. The van der Waals surface area contributed by atoms with E-state index in [0.29, 0.717) is 18.4 Å². The highest BCUT2D eigenvalue weighted by molar-refractivity contribution is 5.96. The molecule has 58 heavy (non-hydrogen) atoms. The Morgan fingerprint density at radius 1 is 0.690 bits per heavy atom. The lowest BCUT2D eigenvalue weighted by Gasteiger charge is -2.23. The Morgan fingerprint density at radius 2 is 1.28 bits per heavy atom. The van der Waals surface area contributed by atoms with Crippen LogP contribution in [0.25, 0.3) is 21.8 Å². The third-order valence-electron chi connectivity index (χ3n) is 9.10. The van der Waals surface area contributed by atoms with Crippen molar-refractivity contribution in [3.8, 4) is 0 Å². The van der Waals surface area contributed by atoms with Crippen LogP contribution in [0, 0.1) is 0 Å². The van der Waals surface area contributed by atoms with Crippen molar-refractivity contribution in [1.82, 2.24) is 36.6 Å². The van der Waals surface area contributed by atoms with Gasteiger partial charge >= 0.3 is 11.9 Å². The van der Waals surface area contributed by atoms with Crippen LogP contribution in [0.5, 0.6) is 0 Å². The van der Waals surface area contributed by atoms with Gasteiger partial charge < -0.3 is 63.3 Å². The number of aryl methyl sites for hydroxylation is 1. The molecule has 0 saturated carbocycles. The van der Waals surface area contributed by atoms with Gasteiger partial charge in [-0.05, 0) is 48.9 Å². The van der Waals surface area contributed by atoms with E-state index in [2.05, 4.69) is 41.5 Å². The molecule has 0 fully saturated rings. The van der Waals surface area contributed by atoms with Crippen molar-refractivity contribution in [2.75, 3.05) is 19.7 Å². The van der Waals surface area contributed by atoms with Gasteiger partial charge in [-0.2, -0.15) is 0 Å². The summed E-state index contributed by atoms with van der Waals surface area (Å²) >= 11 is 0. The zero-order valence-corrected chi connectivity index (χ0v) is 31.5. The van der Waals surface area contributed by atoms with Gasteiger partial charge in [-0.15, -0.1) is 0 Å². The summed E-state index contributed by atoms with van der Waals surface area (Å²) in [6, 6.07) is 8.87. The second-order valence-corrected chi connectivity index (χ2v) is 13.4. The number of carboxylic acid groups (broad SMARTS) is 2. The van der Waals surface area contributed by atoms with Gasteiger partial charge in [-0.1, -0.05) is 36.4 Å². The Labute approximate surface area is 331 Å². The van der Waals surface area contributed by atoms with Crippen LogP contribution in [0.1, 0.15) is 43.2 Å². The standard InChI is InChI=1S/C38H48N10O10/c39-38(40)41-14-6-12-27(47-36(56)30(20-49)46-31(50)13-5-7-21-17-42-25-10-3-1-8-23(21)25)34(54)44-19-32(51)45-28(16-33(52)53)35(55)48-29(37(57)58)15-22-18-43-26-11-4-2-9-24(22)26/h1-4,8-11,17-18,27-30,42-43,49H,5-7,12-16,19-20H2,(H,44,54)(H,45,51)(H,46,50)(H,47,56)(H,48,55)(H,52,53)(H,57,58)(H4,39,40,41)/t27-,28-,29-,30-/m0/s1. The van der Waals surface area contributed by atoms with Crippen molar-refractivity contribution < 1.29 is 48.9 Å². The number of nitrogens with zero attached hydrogens (tertiary/aromatic N) is 1. The summed E-state index contributed by atoms with van der Waals surface area (Å²) in [5.74, 6) is -7.45. The number of nitrogens with one attached hydrogen (secondary N) is 7. The van der Waals surface area contributed by atoms with Crippen LogP contribution in [0.2, 0.25) is 0 Å². The van der Waals surface area contributed by atoms with Crippen LogP contribution < -0.4 is 38.1 Å². The number of aliphatic hydroxyl groups is 1. The van der Waals surface area contributed by atoms with Gasteiger partial charge in [0, 0.05) is 53.6 Å². The van der Waals surface area contributed by atoms with Crippen LogP contribution in [0.4, 0.5) is 0 Å². The molecular weight excluding hydrogens is 756 g/mol. The second-order valence-electron chi connectivity index (χ2n) is 13.4. The largest absolute Gasteiger partial charge is 0.481 e. The quantitative estimate of drug-likeness (QED) is 0.0241. The first kappa shape index (κ1) is 43.8. The van der Waals surface area contributed by atoms with E-state index in [-0.39, 0.29) is 38.2 Å². The number of benzene rings is 2. The van der Waals surface area contributed by atoms with Gasteiger partial charge in [-0.25, -0.2) is 4.79 Å². The molecule has 4 aromatic rings. The number of carboxylic acids is 2. The summed E-state index contributed by atoms with van der Waals surface area (Å²) in [5, 5.41) is 42.7. The monoisotopic (exact) mass is 804 g/mol. The molecule has 20 nitrogen and oxygen atoms in total. The van der Waals surface area contributed by atoms with Gasteiger partial charge in [-0.3, -0.25) is 33.8 Å². The molecule has 2 heterocycles. The molecule has 0 unspecified atom stereocenters. The van der Waals surface area contributed by atoms with Gasteiger partial charge in [0.2, 0.25) is 29.5 Å². The molecule has 0 saturated heterocycles. The maximum atomic E-state index is 13.3. The number of rotatable bonds is 23. The molecule has 14 N–H and O–H groups in total. The fourth-order valence-corrected chi connectivity index (χ4v) is 6.20. The molecule has 0 spiro atoms. The van der Waals surface area contributed by atoms with Gasteiger partial charge in [0.05, 0.1) is 19.6 Å². The average molecular weight is 805 g/mol. The lowest BCUT2D eigenvalue weighted by Crippen LogP contribution is -2.56. The number of fused-ring (bicyclic) bond motifs is 2. The van der Waals surface area contributed by atoms with E-state index in [1.165, 1.54) is 0 Å². The number of aliphatic imine (C=N–C) groups is 1. The fraction of sp³-hybridized carbons (Fsp3) is 0.368. The third kappa shape index (κ3) is 13.1. The number of aromatic amines is 2. The van der Waals surface area contributed by atoms with E-state index in [1.54, 1.807) is 30.5 Å². The van der Waals surface area contributed by atoms with E-state index < -0.39 is 85.2 Å². The Bertz CT molecular complexity index is 2130. The predicted molar refractivity (Wildman–Crippen MR) is 211 cm³/mol. The molecule has 5 amide bonds. The number of H-pyrrole nitrogens is 2. The highest BCUT2D eigenvalue weighted by Gasteiger charge is 2.30. The van der Waals surface area contributed by atoms with E-state index in [1.807, 2.05) is 30.5 Å². The molecule has 2 aromatic heterocycles. The van der Waals surface area contributed by atoms with Crippen molar-refractivity contribution in [3.63, 3.8) is 0 Å². The molecule has 4 rings (SSSR count). The zero-order chi connectivity index (χ0) is 42.2. The molecule has 0 radical (unpaired) electrons. The molecule has 0 aliphatic carbocycles. The molecule has 0 aliphatic rings. The van der Waals surface area contributed by atoms with Crippen LogP contribution in [-0.2, 0) is 46.4 Å². The highest BCUT2D eigenvalue weighted by Crippen LogP contribution is 2.20. The number of nitrogens with two attached hydrogens (primary N) is 2. The molecule has 0 aliphatic heterocycles. The molecular formula is C38H48N10O10. The smallest absolute Gasteiger partial charge is 0.326 e. The number of hydrogen-bond donors (Lipinski definition) is 12. The van der Waals surface area contributed by atoms with Crippen LogP contribution in [-0.4, -0.2) is 117 Å². The first-order valence-electron chi connectivity index (χ1n) is 18.4. The summed E-state index contributed by atoms with van der Waals surface area (Å²) in [6.45, 7) is -1.50. The summed E-state index contributed by atoms with van der Waals surface area (Å²) in [5.41, 5.74) is 14.1. The second kappa shape index (κ2) is 21.4. The minimum absolute atomic E-state index is 0.0444. The normalized spacial score (nSPS) is 13.1. The van der Waals surface area contributed by atoms with Gasteiger partial charge in [0.15, 0.2) is 5.96 Å². The van der Waals surface area contributed by atoms with Crippen LogP contribution >= 0.6 is 0 Å². The topological polar surface area (TPSA) is 336 Å². The number of aliphatic hydroxyl groups excluding tert-OH is 1. The number of amides is 5. The minimum atomic E-state index is -1.72. The Morgan fingerprint density at radius 3 is 1.90 bits per heavy atom. The van der Waals surface area contributed by atoms with Crippen molar-refractivity contribution in [2.45, 2.75) is 69.1 Å². The van der Waals surface area contributed by atoms with Crippen molar-refractivity contribution in [1.29, 1.82) is 0 Å². The van der Waals surface area contributed by atoms with Crippen molar-refractivity contribution >= 4 is 69.2 Å². The number of hydrogen-bond acceptors (Lipinski definition) is 9. The van der Waals surface area contributed by atoms with Crippen molar-refractivity contribution in [3.05, 3.63) is 72.1 Å². The molecule has 20 heteroatoms. The average Bonchev–Trinajstić information content (AvgIpc) is 3.80. The van der Waals surface area contributed by atoms with Gasteiger partial charge in [0.1, 0.15) is 24.2 Å². The molecule has 310 valence electrons. The molecule has 2 aromatic carbocycles. The third-order valence-corrected chi connectivity index (χ3v) is 9.10. The number of aliphatic carboxylic acids is 2. The Balaban J connectivity index is 1.33. The Kier molecular flexibility index (Phi) is 16.1. The lowest BCUT2D eigenvalue weighted by atomic mass is 10.0. The van der Waals surface area contributed by atoms with Crippen LogP contribution in [0.3, 0.4) is 0 Å². The zero-order valence-electron chi connectivity index (χ0n) is 31.5. The lowest BCUT2D eigenvalue weighted by molar-refractivity contribution is -0.143. The van der Waals surface area contributed by atoms with Crippen LogP contribution in [0.15, 0.2) is 65.9 Å². The van der Waals surface area contributed by atoms with Crippen molar-refractivity contribution in [2.24, 2.45) is 16.5 Å². The summed E-state index contributed by atoms with van der Waals surface area (Å²) in [4.78, 5) is 98.9. The predicted octanol–water partition coefficient (Wildman–Crippen LogP) is -1.12. The maximum absolute atomic E-state index is 13.3. The maximum Gasteiger partial charge on any atom is 0.326 e. The van der Waals surface area contributed by atoms with E-state index >= 15 is 0 Å². The molecule has 4 atom stereocenters. The number of aromatic nitrogens is 2. The van der Waals surface area contributed by atoms with E-state index in [4.69, 9.17) is 11.5 Å². The minimum Gasteiger partial charge on any atom is -0.481 e. The number of para-hydroxylation sites is 2. The van der Waals surface area contributed by atoms with E-state index in [0.717, 1.165) is 27.4 Å². The number of carbonyl (C=O) groups is 7. The summed E-state index contributed by atoms with van der Waals surface area (Å²) in [6.07, 6.45) is 3.59. The first-order chi connectivity index (χ1) is 27.7. The molecule has 0 bridgehead atoms. The van der Waals surface area contributed by atoms with E-state index in [9.17, 15) is 48.9 Å². The highest BCUT2D eigenvalue weighted by atomic mass is 16.4. The Hall–Kier alpha value is -6.96. The number of carbonyl (C=O) groups excluding carboxylic acids is 5. The number of guanidine groups is 1. The van der Waals surface area contributed by atoms with Gasteiger partial charge in [0.25, 0.3) is 0 Å². The summed E-state index contributed by atoms with van der Waals surface area (Å²) in [7, 11) is 0.